The lowest BCUT2D eigenvalue weighted by atomic mass is 9.62. The van der Waals surface area contributed by atoms with Crippen LogP contribution in [-0.2, 0) is 14.3 Å². The van der Waals surface area contributed by atoms with Gasteiger partial charge in [-0.25, -0.2) is 8.78 Å². The first-order chi connectivity index (χ1) is 21.1. The topological polar surface area (TPSA) is 165 Å². The summed E-state index contributed by atoms with van der Waals surface area (Å²) in [7, 11) is 2.80. The molecule has 0 aromatic heterocycles. The molecule has 0 unspecified atom stereocenters. The molecule has 0 bridgehead atoms. The van der Waals surface area contributed by atoms with Gasteiger partial charge in [-0.15, -0.1) is 0 Å². The summed E-state index contributed by atoms with van der Waals surface area (Å²) in [4.78, 5) is 13.3. The fraction of sp³-hybridized carbons (Fsp3) is 0.567. The number of ether oxygens (including phenoxy) is 6. The van der Waals surface area contributed by atoms with E-state index in [0.717, 1.165) is 5.56 Å². The van der Waals surface area contributed by atoms with Gasteiger partial charge >= 0.3 is 5.97 Å². The Morgan fingerprint density at radius 3 is 2.32 bits per heavy atom. The number of esters is 1. The Morgan fingerprint density at radius 1 is 1.02 bits per heavy atom. The van der Waals surface area contributed by atoms with Crippen LogP contribution in [0.15, 0.2) is 24.3 Å². The van der Waals surface area contributed by atoms with Crippen LogP contribution in [0.2, 0.25) is 0 Å². The molecule has 0 amide bonds. The average Bonchev–Trinajstić information content (AvgIpc) is 3.63. The lowest BCUT2D eigenvalue weighted by molar-refractivity contribution is -0.247. The number of aliphatic hydroxyl groups excluding tert-OH is 3. The Hall–Kier alpha value is -3.43. The van der Waals surface area contributed by atoms with Crippen molar-refractivity contribution in [1.82, 2.24) is 5.32 Å². The van der Waals surface area contributed by atoms with Gasteiger partial charge in [0.2, 0.25) is 12.5 Å². The van der Waals surface area contributed by atoms with Crippen LogP contribution in [0.3, 0.4) is 0 Å². The van der Waals surface area contributed by atoms with E-state index in [0.29, 0.717) is 22.6 Å². The molecule has 5 N–H and O–H groups in total. The third-order valence-electron chi connectivity index (χ3n) is 9.09. The Labute approximate surface area is 251 Å². The van der Waals surface area contributed by atoms with E-state index in [1.165, 1.54) is 14.2 Å². The smallest absolute Gasteiger partial charge is 0.310 e. The highest BCUT2D eigenvalue weighted by Crippen LogP contribution is 2.56. The predicted molar refractivity (Wildman–Crippen MR) is 146 cm³/mol. The highest BCUT2D eigenvalue weighted by Gasteiger charge is 2.54. The number of fused-ring (bicyclic) bond motifs is 3. The number of alkyl halides is 2. The zero-order valence-electron chi connectivity index (χ0n) is 24.1. The first-order valence-electron chi connectivity index (χ1n) is 14.3. The Balaban J connectivity index is 1.34. The molecule has 0 spiro atoms. The molecular weight excluding hydrogens is 588 g/mol. The van der Waals surface area contributed by atoms with Gasteiger partial charge in [0.25, 0.3) is 5.92 Å². The Bertz CT molecular complexity index is 1380. The van der Waals surface area contributed by atoms with Crippen molar-refractivity contribution >= 4 is 5.97 Å². The number of methoxy groups -OCH3 is 2. The first-order valence-corrected chi connectivity index (χ1v) is 14.3. The number of cyclic esters (lactones) is 1. The van der Waals surface area contributed by atoms with Crippen molar-refractivity contribution in [3.63, 3.8) is 0 Å². The molecule has 2 aromatic rings. The standard InChI is InChI=1S/C30H35F2NO11/c1-39-22-3-13(4-23(40-2)27(22)37)24-16-7-21-20(42-12-43-21)6-15(16)17(18-10-41-29(38)25(18)24)8-33-11-30(31,32)28-26(36)19(35)5-14(9-34)44-28/h3-4,6-7,14,17-19,24-26,28,33-37H,5,8-12H2,1-2H3/t14-,17+,18+,19-,24+,25-,26+,28+/m0/s1. The maximum Gasteiger partial charge on any atom is 0.310 e. The summed E-state index contributed by atoms with van der Waals surface area (Å²) >= 11 is 0. The van der Waals surface area contributed by atoms with E-state index >= 15 is 8.78 Å². The summed E-state index contributed by atoms with van der Waals surface area (Å²) in [5.41, 5.74) is 2.05. The van der Waals surface area contributed by atoms with E-state index in [9.17, 15) is 25.2 Å². The molecule has 240 valence electrons. The summed E-state index contributed by atoms with van der Waals surface area (Å²) in [6, 6.07) is 6.82. The number of aliphatic hydroxyl groups is 3. The molecule has 0 radical (unpaired) electrons. The summed E-state index contributed by atoms with van der Waals surface area (Å²) in [5.74, 6) is -5.20. The number of hydrogen-bond donors (Lipinski definition) is 5. The molecule has 12 nitrogen and oxygen atoms in total. The maximum atomic E-state index is 15.4. The van der Waals surface area contributed by atoms with Crippen molar-refractivity contribution in [3.8, 4) is 28.7 Å². The van der Waals surface area contributed by atoms with Gasteiger partial charge in [-0.2, -0.15) is 0 Å². The zero-order valence-corrected chi connectivity index (χ0v) is 24.1. The van der Waals surface area contributed by atoms with Gasteiger partial charge in [0.1, 0.15) is 6.10 Å². The Morgan fingerprint density at radius 2 is 1.68 bits per heavy atom. The van der Waals surface area contributed by atoms with Crippen LogP contribution >= 0.6 is 0 Å². The van der Waals surface area contributed by atoms with E-state index in [1.54, 1.807) is 24.3 Å². The maximum absolute atomic E-state index is 15.4. The number of halogens is 2. The quantitative estimate of drug-likeness (QED) is 0.254. The van der Waals surface area contributed by atoms with Crippen LogP contribution in [0.5, 0.6) is 28.7 Å². The molecule has 2 fully saturated rings. The van der Waals surface area contributed by atoms with Crippen LogP contribution < -0.4 is 24.3 Å². The van der Waals surface area contributed by atoms with Gasteiger partial charge in [-0.3, -0.25) is 4.79 Å². The number of benzene rings is 2. The van der Waals surface area contributed by atoms with Crippen LogP contribution in [-0.4, -0.2) is 104 Å². The number of aromatic hydroxyl groups is 1. The van der Waals surface area contributed by atoms with Crippen molar-refractivity contribution < 1.29 is 62.4 Å². The summed E-state index contributed by atoms with van der Waals surface area (Å²) in [5, 5.41) is 43.1. The van der Waals surface area contributed by atoms with Crippen LogP contribution in [0.4, 0.5) is 8.78 Å². The fourth-order valence-corrected chi connectivity index (χ4v) is 6.95. The number of nitrogens with one attached hydrogen (secondary N) is 1. The number of carbonyl (C=O) groups is 1. The third kappa shape index (κ3) is 5.17. The minimum Gasteiger partial charge on any atom is -0.502 e. The number of phenols is 1. The van der Waals surface area contributed by atoms with E-state index < -0.39 is 73.1 Å². The minimum absolute atomic E-state index is 0.00180. The molecule has 3 heterocycles. The molecule has 4 aliphatic rings. The number of carbonyl (C=O) groups excluding carboxylic acids is 1. The second-order valence-electron chi connectivity index (χ2n) is 11.6. The minimum atomic E-state index is -3.61. The highest BCUT2D eigenvalue weighted by atomic mass is 19.3. The first kappa shape index (κ1) is 30.6. The van der Waals surface area contributed by atoms with E-state index in [-0.39, 0.29) is 43.6 Å². The van der Waals surface area contributed by atoms with Crippen LogP contribution in [0, 0.1) is 11.8 Å². The molecule has 2 saturated heterocycles. The van der Waals surface area contributed by atoms with Crippen LogP contribution in [0.1, 0.15) is 34.9 Å². The van der Waals surface area contributed by atoms with Crippen molar-refractivity contribution in [2.24, 2.45) is 11.8 Å². The fourth-order valence-electron chi connectivity index (χ4n) is 6.95. The van der Waals surface area contributed by atoms with Crippen molar-refractivity contribution in [2.45, 2.75) is 48.6 Å². The zero-order chi connectivity index (χ0) is 31.3. The number of phenolic OH excluding ortho intramolecular Hbond substituents is 1. The lowest BCUT2D eigenvalue weighted by Gasteiger charge is -2.41. The van der Waals surface area contributed by atoms with Crippen molar-refractivity contribution in [3.05, 3.63) is 41.0 Å². The molecule has 1 aliphatic carbocycles. The molecular formula is C30H35F2NO11. The highest BCUT2D eigenvalue weighted by molar-refractivity contribution is 5.79. The summed E-state index contributed by atoms with van der Waals surface area (Å²) in [6.45, 7) is -1.42. The van der Waals surface area contributed by atoms with E-state index in [2.05, 4.69) is 5.32 Å². The molecule has 8 atom stereocenters. The summed E-state index contributed by atoms with van der Waals surface area (Å²) < 4.78 is 63.5. The second kappa shape index (κ2) is 11.8. The molecule has 6 rings (SSSR count). The van der Waals surface area contributed by atoms with Crippen LogP contribution in [0.25, 0.3) is 0 Å². The lowest BCUT2D eigenvalue weighted by Crippen LogP contribution is -2.59. The van der Waals surface area contributed by atoms with Gasteiger partial charge in [-0.1, -0.05) is 0 Å². The average molecular weight is 624 g/mol. The predicted octanol–water partition coefficient (Wildman–Crippen LogP) is 1.25. The molecule has 2 aromatic carbocycles. The van der Waals surface area contributed by atoms with Gasteiger partial charge in [0.15, 0.2) is 29.1 Å². The summed E-state index contributed by atoms with van der Waals surface area (Å²) in [6.07, 6.45) is -6.53. The van der Waals surface area contributed by atoms with Gasteiger partial charge in [-0.05, 0) is 41.0 Å². The largest absolute Gasteiger partial charge is 0.502 e. The number of rotatable bonds is 9. The van der Waals surface area contributed by atoms with Gasteiger partial charge < -0.3 is 54.2 Å². The third-order valence-corrected chi connectivity index (χ3v) is 9.09. The second-order valence-corrected chi connectivity index (χ2v) is 11.6. The molecule has 44 heavy (non-hydrogen) atoms. The van der Waals surface area contributed by atoms with E-state index in [1.807, 2.05) is 0 Å². The molecule has 0 saturated carbocycles. The van der Waals surface area contributed by atoms with Gasteiger partial charge in [0, 0.05) is 30.7 Å². The monoisotopic (exact) mass is 623 g/mol. The normalized spacial score (nSPS) is 30.8. The molecule has 14 heteroatoms. The number of hydrogen-bond acceptors (Lipinski definition) is 12. The Kier molecular flexibility index (Phi) is 8.22. The molecule has 3 aliphatic heterocycles. The van der Waals surface area contributed by atoms with E-state index in [4.69, 9.17) is 28.4 Å². The van der Waals surface area contributed by atoms with Crippen molar-refractivity contribution in [2.75, 3.05) is 47.3 Å². The van der Waals surface area contributed by atoms with Gasteiger partial charge in [0.05, 0.1) is 52.1 Å². The van der Waals surface area contributed by atoms with Crippen molar-refractivity contribution in [1.29, 1.82) is 0 Å². The SMILES string of the molecule is COc1cc([C@@H]2c3cc4c(cc3[C@@H](CNCC(F)(F)[C@@H]3O[C@H](CO)C[C@H](O)[C@H]3O)[C@H]3COC(=O)[C@H]23)OCO4)cc(OC)c1O.